The summed E-state index contributed by atoms with van der Waals surface area (Å²) < 4.78 is 48.1. The van der Waals surface area contributed by atoms with Crippen molar-refractivity contribution in [3.8, 4) is 0 Å². The van der Waals surface area contributed by atoms with Gasteiger partial charge < -0.3 is 14.4 Å². The lowest BCUT2D eigenvalue weighted by Gasteiger charge is -2.32. The van der Waals surface area contributed by atoms with Crippen LogP contribution >= 0.6 is 0 Å². The molecule has 174 valence electrons. The van der Waals surface area contributed by atoms with Gasteiger partial charge in [-0.1, -0.05) is 6.07 Å². The molecule has 4 rings (SSSR count). The molecule has 0 radical (unpaired) electrons. The van der Waals surface area contributed by atoms with Crippen molar-refractivity contribution in [1.82, 2.24) is 9.97 Å². The Morgan fingerprint density at radius 1 is 1.16 bits per heavy atom. The molecule has 0 bridgehead atoms. The molecule has 2 unspecified atom stereocenters. The van der Waals surface area contributed by atoms with E-state index in [-0.39, 0.29) is 11.5 Å². The van der Waals surface area contributed by atoms with Crippen LogP contribution in [0.15, 0.2) is 35.5 Å². The highest BCUT2D eigenvalue weighted by Gasteiger charge is 2.43. The Bertz CT molecular complexity index is 1020. The number of hydrogen-bond donors (Lipinski definition) is 0. The van der Waals surface area contributed by atoms with Gasteiger partial charge in [0.15, 0.2) is 9.84 Å². The molecule has 1 aliphatic heterocycles. The zero-order valence-electron chi connectivity index (χ0n) is 18.5. The van der Waals surface area contributed by atoms with Gasteiger partial charge in [-0.3, -0.25) is 0 Å². The number of benzene rings is 1. The second kappa shape index (κ2) is 9.80. The first-order chi connectivity index (χ1) is 15.3. The molecule has 9 heteroatoms. The molecule has 0 N–H and O–H groups in total. The molecule has 1 saturated heterocycles. The van der Waals surface area contributed by atoms with E-state index in [0.717, 1.165) is 56.2 Å². The lowest BCUT2D eigenvalue weighted by atomic mass is 9.91. The zero-order valence-corrected chi connectivity index (χ0v) is 19.4. The Morgan fingerprint density at radius 3 is 2.50 bits per heavy atom. The Labute approximate surface area is 188 Å². The van der Waals surface area contributed by atoms with Gasteiger partial charge in [0.2, 0.25) is 5.95 Å². The number of ether oxygens (including phenoxy) is 2. The first-order valence-electron chi connectivity index (χ1n) is 11.0. The summed E-state index contributed by atoms with van der Waals surface area (Å²) in [4.78, 5) is 11.2. The van der Waals surface area contributed by atoms with E-state index in [1.165, 1.54) is 12.1 Å². The average Bonchev–Trinajstić information content (AvgIpc) is 3.55. The molecular formula is C23H30FN3O4S. The van der Waals surface area contributed by atoms with Crippen molar-refractivity contribution >= 4 is 15.8 Å². The van der Waals surface area contributed by atoms with Crippen molar-refractivity contribution in [2.24, 2.45) is 17.8 Å². The van der Waals surface area contributed by atoms with Gasteiger partial charge in [0.1, 0.15) is 5.82 Å². The third kappa shape index (κ3) is 5.63. The normalized spacial score (nSPS) is 21.7. The van der Waals surface area contributed by atoms with Crippen LogP contribution < -0.4 is 4.90 Å². The van der Waals surface area contributed by atoms with Crippen LogP contribution in [0.5, 0.6) is 0 Å². The Morgan fingerprint density at radius 2 is 1.88 bits per heavy atom. The van der Waals surface area contributed by atoms with Gasteiger partial charge in [-0.15, -0.1) is 0 Å². The summed E-state index contributed by atoms with van der Waals surface area (Å²) in [5, 5.41) is 0. The van der Waals surface area contributed by atoms with E-state index in [1.807, 2.05) is 12.4 Å². The largest absolute Gasteiger partial charge is 0.380 e. The lowest BCUT2D eigenvalue weighted by molar-refractivity contribution is 0.102. The van der Waals surface area contributed by atoms with Gasteiger partial charge in [-0.2, -0.15) is 0 Å². The molecule has 1 aliphatic carbocycles. The minimum Gasteiger partial charge on any atom is -0.380 e. The van der Waals surface area contributed by atoms with Crippen molar-refractivity contribution in [1.29, 1.82) is 0 Å². The van der Waals surface area contributed by atoms with Gasteiger partial charge in [0.25, 0.3) is 0 Å². The van der Waals surface area contributed by atoms with E-state index in [0.29, 0.717) is 36.5 Å². The molecule has 32 heavy (non-hydrogen) atoms. The van der Waals surface area contributed by atoms with Crippen LogP contribution in [0.1, 0.15) is 30.4 Å². The molecule has 1 aromatic carbocycles. The van der Waals surface area contributed by atoms with E-state index in [9.17, 15) is 12.8 Å². The monoisotopic (exact) mass is 463 g/mol. The Balaban J connectivity index is 1.19. The summed E-state index contributed by atoms with van der Waals surface area (Å²) in [7, 11) is -1.75. The molecule has 1 aromatic heterocycles. The predicted octanol–water partition coefficient (Wildman–Crippen LogP) is 3.23. The molecule has 0 amide bonds. The average molecular weight is 464 g/mol. The fraction of sp³-hybridized carbons (Fsp3) is 0.565. The SMILES string of the molecule is COCc1cnc(N2CCC(C3CC3COCc3ccc(S(C)(=O)=O)cc3F)CC2)nc1. The number of methoxy groups -OCH3 is 1. The number of hydrogen-bond acceptors (Lipinski definition) is 7. The number of nitrogens with zero attached hydrogens (tertiary/aromatic N) is 3. The highest BCUT2D eigenvalue weighted by Crippen LogP contribution is 2.48. The molecular weight excluding hydrogens is 433 g/mol. The van der Waals surface area contributed by atoms with E-state index in [2.05, 4.69) is 14.9 Å². The zero-order chi connectivity index (χ0) is 22.7. The number of aromatic nitrogens is 2. The van der Waals surface area contributed by atoms with Crippen molar-refractivity contribution in [2.45, 2.75) is 37.4 Å². The number of sulfone groups is 1. The number of anilines is 1. The maximum absolute atomic E-state index is 14.2. The van der Waals surface area contributed by atoms with E-state index >= 15 is 0 Å². The highest BCUT2D eigenvalue weighted by molar-refractivity contribution is 7.90. The maximum atomic E-state index is 14.2. The number of piperidine rings is 1. The first kappa shape index (κ1) is 23.1. The Kier molecular flexibility index (Phi) is 7.07. The quantitative estimate of drug-likeness (QED) is 0.565. The standard InChI is InChI=1S/C23H30FN3O4S/c1-30-13-16-11-25-23(26-12-16)27-7-5-17(6-8-27)21-9-19(21)15-31-14-18-3-4-20(10-22(18)24)32(2,28)29/h3-4,10-12,17,19,21H,5-9,13-15H2,1-2H3. The van der Waals surface area contributed by atoms with Crippen molar-refractivity contribution < 1.29 is 22.3 Å². The van der Waals surface area contributed by atoms with Gasteiger partial charge in [0, 0.05) is 50.0 Å². The Hall–Kier alpha value is -2.10. The van der Waals surface area contributed by atoms with Gasteiger partial charge >= 0.3 is 0 Å². The van der Waals surface area contributed by atoms with E-state index < -0.39 is 15.7 Å². The van der Waals surface area contributed by atoms with Gasteiger partial charge in [-0.25, -0.2) is 22.8 Å². The van der Waals surface area contributed by atoms with Crippen LogP contribution in [-0.2, 0) is 32.5 Å². The minimum atomic E-state index is -3.41. The second-order valence-electron chi connectivity index (χ2n) is 8.85. The maximum Gasteiger partial charge on any atom is 0.225 e. The second-order valence-corrected chi connectivity index (χ2v) is 10.9. The van der Waals surface area contributed by atoms with Crippen LogP contribution in [0.4, 0.5) is 10.3 Å². The molecule has 1 saturated carbocycles. The number of halogens is 1. The number of rotatable bonds is 9. The van der Waals surface area contributed by atoms with Gasteiger partial charge in [-0.05, 0) is 49.1 Å². The summed E-state index contributed by atoms with van der Waals surface area (Å²) >= 11 is 0. The van der Waals surface area contributed by atoms with Crippen LogP contribution in [0.3, 0.4) is 0 Å². The highest BCUT2D eigenvalue weighted by atomic mass is 32.2. The molecule has 2 aromatic rings. The summed E-state index contributed by atoms with van der Waals surface area (Å²) in [6, 6.07) is 3.99. The van der Waals surface area contributed by atoms with Crippen molar-refractivity contribution in [3.63, 3.8) is 0 Å². The molecule has 2 atom stereocenters. The summed E-state index contributed by atoms with van der Waals surface area (Å²) in [6.07, 6.45) is 8.11. The van der Waals surface area contributed by atoms with Crippen molar-refractivity contribution in [3.05, 3.63) is 47.5 Å². The van der Waals surface area contributed by atoms with E-state index in [4.69, 9.17) is 9.47 Å². The summed E-state index contributed by atoms with van der Waals surface area (Å²) in [5.41, 5.74) is 1.36. The fourth-order valence-electron chi connectivity index (χ4n) is 4.52. The third-order valence-corrected chi connectivity index (χ3v) is 7.56. The lowest BCUT2D eigenvalue weighted by Crippen LogP contribution is -2.35. The van der Waals surface area contributed by atoms with Crippen LogP contribution in [0.25, 0.3) is 0 Å². The summed E-state index contributed by atoms with van der Waals surface area (Å²) in [5.74, 6) is 2.11. The van der Waals surface area contributed by atoms with Crippen LogP contribution in [-0.4, -0.2) is 51.4 Å². The topological polar surface area (TPSA) is 81.6 Å². The van der Waals surface area contributed by atoms with Gasteiger partial charge in [0.05, 0.1) is 24.7 Å². The molecule has 7 nitrogen and oxygen atoms in total. The predicted molar refractivity (Wildman–Crippen MR) is 118 cm³/mol. The third-order valence-electron chi connectivity index (χ3n) is 6.45. The smallest absolute Gasteiger partial charge is 0.225 e. The molecule has 0 spiro atoms. The molecule has 2 fully saturated rings. The van der Waals surface area contributed by atoms with Crippen molar-refractivity contribution in [2.75, 3.05) is 38.0 Å². The van der Waals surface area contributed by atoms with Crippen LogP contribution in [0.2, 0.25) is 0 Å². The van der Waals surface area contributed by atoms with Crippen LogP contribution in [0, 0.1) is 23.6 Å². The first-order valence-corrected chi connectivity index (χ1v) is 12.9. The molecule has 2 aliphatic rings. The summed E-state index contributed by atoms with van der Waals surface area (Å²) in [6.45, 7) is 3.20. The molecule has 2 heterocycles. The minimum absolute atomic E-state index is 0.0105. The fourth-order valence-corrected chi connectivity index (χ4v) is 5.15. The van der Waals surface area contributed by atoms with E-state index in [1.54, 1.807) is 7.11 Å².